The van der Waals surface area contributed by atoms with Crippen LogP contribution in [0.15, 0.2) is 54.6 Å². The molecule has 10 heteroatoms. The van der Waals surface area contributed by atoms with Crippen LogP contribution in [-0.2, 0) is 25.7 Å². The van der Waals surface area contributed by atoms with E-state index in [2.05, 4.69) is 29.2 Å². The lowest BCUT2D eigenvalue weighted by Crippen LogP contribution is -2.54. The predicted octanol–water partition coefficient (Wildman–Crippen LogP) is 2.17. The number of aliphatic hydroxyl groups excluding tert-OH is 1. The standard InChI is InChI=1S/C33H44N4O5S/c38-21-7-2-1-6-16-37-29-32(41)35(18-17-34-19-22-42-23-20-34)15-9-13-33(29)28(31(37)40)27-26(43-33)12-8-14-36(30(27)39)24-25-10-4-3-5-11-25/h3-5,8-13,26-29,38H,1-2,6-7,14-24H2/t26-,27+,28-,29?,33-/m0/s1. The molecule has 0 aliphatic carbocycles. The molecule has 0 bridgehead atoms. The van der Waals surface area contributed by atoms with Crippen molar-refractivity contribution in [3.05, 3.63) is 60.2 Å². The summed E-state index contributed by atoms with van der Waals surface area (Å²) in [6.07, 6.45) is 11.6. The van der Waals surface area contributed by atoms with Crippen molar-refractivity contribution >= 4 is 29.5 Å². The lowest BCUT2D eigenvalue weighted by Gasteiger charge is -2.36. The Morgan fingerprint density at radius 1 is 0.860 bits per heavy atom. The Bertz CT molecular complexity index is 1220. The number of hydrogen-bond donors (Lipinski definition) is 1. The van der Waals surface area contributed by atoms with Gasteiger partial charge >= 0.3 is 0 Å². The number of fused-ring (bicyclic) bond motifs is 2. The number of carbonyl (C=O) groups excluding carboxylic acids is 3. The van der Waals surface area contributed by atoms with Crippen LogP contribution in [0.25, 0.3) is 0 Å². The second-order valence-electron chi connectivity index (χ2n) is 12.3. The number of benzene rings is 1. The molecule has 43 heavy (non-hydrogen) atoms. The normalized spacial score (nSPS) is 30.8. The van der Waals surface area contributed by atoms with Gasteiger partial charge in [-0.15, -0.1) is 11.8 Å². The number of likely N-dealkylation sites (tertiary alicyclic amines) is 1. The van der Waals surface area contributed by atoms with Gasteiger partial charge in [-0.2, -0.15) is 0 Å². The number of aliphatic hydroxyl groups is 1. The number of ether oxygens (including phenoxy) is 1. The summed E-state index contributed by atoms with van der Waals surface area (Å²) in [5.74, 6) is -1.18. The average Bonchev–Trinajstić information content (AvgIpc) is 3.34. The SMILES string of the molecule is O=C1C2N(CCCCCCO)C(=O)[C@@H]3[C@@H]4C(=O)N(Cc5ccccc5)CC=C[C@@H]4S[C@]23C=CCN1CCN1CCOCC1. The van der Waals surface area contributed by atoms with Crippen LogP contribution in [0.3, 0.4) is 0 Å². The zero-order valence-corrected chi connectivity index (χ0v) is 25.7. The minimum atomic E-state index is -0.780. The van der Waals surface area contributed by atoms with Crippen LogP contribution >= 0.6 is 11.8 Å². The first-order valence-electron chi connectivity index (χ1n) is 15.9. The number of morpholine rings is 1. The molecular formula is C33H44N4O5S. The number of nitrogens with zero attached hydrogens (tertiary/aromatic N) is 4. The topological polar surface area (TPSA) is 93.6 Å². The van der Waals surface area contributed by atoms with E-state index in [1.807, 2.05) is 45.0 Å². The fraction of sp³-hybridized carbons (Fsp3) is 0.606. The van der Waals surface area contributed by atoms with Crippen molar-refractivity contribution in [2.45, 2.75) is 48.3 Å². The highest BCUT2D eigenvalue weighted by molar-refractivity contribution is 8.02. The lowest BCUT2D eigenvalue weighted by molar-refractivity contribution is -0.144. The van der Waals surface area contributed by atoms with Gasteiger partial charge in [0.05, 0.1) is 29.8 Å². The van der Waals surface area contributed by atoms with Gasteiger partial charge in [-0.05, 0) is 18.4 Å². The first-order valence-corrected chi connectivity index (χ1v) is 16.8. The molecule has 3 fully saturated rings. The number of hydrogen-bond acceptors (Lipinski definition) is 7. The molecule has 0 saturated carbocycles. The maximum atomic E-state index is 14.5. The van der Waals surface area contributed by atoms with E-state index in [0.29, 0.717) is 45.9 Å². The van der Waals surface area contributed by atoms with Crippen molar-refractivity contribution in [3.8, 4) is 0 Å². The Morgan fingerprint density at radius 2 is 1.63 bits per heavy atom. The lowest BCUT2D eigenvalue weighted by atomic mass is 9.78. The molecule has 1 unspecified atom stereocenters. The van der Waals surface area contributed by atoms with E-state index >= 15 is 0 Å². The van der Waals surface area contributed by atoms with Crippen molar-refractivity contribution in [1.29, 1.82) is 0 Å². The van der Waals surface area contributed by atoms with Crippen molar-refractivity contribution in [2.24, 2.45) is 11.8 Å². The first-order chi connectivity index (χ1) is 21.0. The highest BCUT2D eigenvalue weighted by Gasteiger charge is 2.70. The molecule has 6 rings (SSSR count). The van der Waals surface area contributed by atoms with E-state index in [-0.39, 0.29) is 29.6 Å². The molecule has 5 aliphatic heterocycles. The van der Waals surface area contributed by atoms with Gasteiger partial charge in [0.25, 0.3) is 0 Å². The molecule has 1 aromatic carbocycles. The molecule has 5 aliphatic rings. The highest BCUT2D eigenvalue weighted by Crippen LogP contribution is 2.61. The zero-order chi connectivity index (χ0) is 29.8. The first kappa shape index (κ1) is 30.4. The van der Waals surface area contributed by atoms with Gasteiger partial charge in [0.15, 0.2) is 0 Å². The van der Waals surface area contributed by atoms with Crippen molar-refractivity contribution < 1.29 is 24.2 Å². The van der Waals surface area contributed by atoms with Crippen LogP contribution in [0.5, 0.6) is 0 Å². The van der Waals surface area contributed by atoms with Crippen molar-refractivity contribution in [3.63, 3.8) is 0 Å². The summed E-state index contributed by atoms with van der Waals surface area (Å²) in [6.45, 7) is 6.67. The molecular weight excluding hydrogens is 564 g/mol. The fourth-order valence-electron chi connectivity index (χ4n) is 7.46. The van der Waals surface area contributed by atoms with E-state index < -0.39 is 22.6 Å². The maximum Gasteiger partial charge on any atom is 0.247 e. The van der Waals surface area contributed by atoms with Crippen LogP contribution < -0.4 is 0 Å². The summed E-state index contributed by atoms with van der Waals surface area (Å²) in [5, 5.41) is 9.06. The van der Waals surface area contributed by atoms with Gasteiger partial charge in [0, 0.05) is 64.2 Å². The molecule has 1 spiro atoms. The van der Waals surface area contributed by atoms with E-state index in [9.17, 15) is 19.5 Å². The van der Waals surface area contributed by atoms with E-state index in [0.717, 1.165) is 50.9 Å². The van der Waals surface area contributed by atoms with Crippen molar-refractivity contribution in [2.75, 3.05) is 65.6 Å². The number of thioether (sulfide) groups is 1. The number of rotatable bonds is 11. The highest BCUT2D eigenvalue weighted by atomic mass is 32.2. The number of carbonyl (C=O) groups is 3. The molecule has 5 atom stereocenters. The van der Waals surface area contributed by atoms with Gasteiger partial charge in [-0.3, -0.25) is 19.3 Å². The molecule has 0 aromatic heterocycles. The van der Waals surface area contributed by atoms with Crippen LogP contribution in [0.1, 0.15) is 31.2 Å². The summed E-state index contributed by atoms with van der Waals surface area (Å²) < 4.78 is 4.72. The molecule has 1 N–H and O–H groups in total. The monoisotopic (exact) mass is 608 g/mol. The Labute approximate surface area is 258 Å². The second kappa shape index (κ2) is 13.5. The third-order valence-corrected chi connectivity index (χ3v) is 11.4. The zero-order valence-electron chi connectivity index (χ0n) is 24.9. The summed E-state index contributed by atoms with van der Waals surface area (Å²) in [4.78, 5) is 51.1. The molecule has 9 nitrogen and oxygen atoms in total. The Morgan fingerprint density at radius 3 is 2.42 bits per heavy atom. The molecule has 1 aromatic rings. The largest absolute Gasteiger partial charge is 0.396 e. The molecule has 3 amide bonds. The van der Waals surface area contributed by atoms with E-state index in [1.54, 1.807) is 11.8 Å². The Hall–Kier alpha value is -2.66. The summed E-state index contributed by atoms with van der Waals surface area (Å²) >= 11 is 1.65. The molecule has 232 valence electrons. The van der Waals surface area contributed by atoms with E-state index in [4.69, 9.17) is 4.74 Å². The Balaban J connectivity index is 1.28. The Kier molecular flexibility index (Phi) is 9.57. The van der Waals surface area contributed by atoms with Gasteiger partial charge in [-0.1, -0.05) is 67.5 Å². The van der Waals surface area contributed by atoms with Gasteiger partial charge in [0.2, 0.25) is 17.7 Å². The smallest absolute Gasteiger partial charge is 0.247 e. The quantitative estimate of drug-likeness (QED) is 0.304. The van der Waals surface area contributed by atoms with Crippen molar-refractivity contribution in [1.82, 2.24) is 19.6 Å². The summed E-state index contributed by atoms with van der Waals surface area (Å²) in [6, 6.07) is 9.35. The molecule has 0 radical (unpaired) electrons. The summed E-state index contributed by atoms with van der Waals surface area (Å²) in [7, 11) is 0. The third kappa shape index (κ3) is 6.03. The van der Waals surface area contributed by atoms with Crippen LogP contribution in [0.4, 0.5) is 0 Å². The van der Waals surface area contributed by atoms with Crippen LogP contribution in [0.2, 0.25) is 0 Å². The summed E-state index contributed by atoms with van der Waals surface area (Å²) in [5.41, 5.74) is 1.06. The minimum absolute atomic E-state index is 0.000562. The van der Waals surface area contributed by atoms with Gasteiger partial charge in [0.1, 0.15) is 6.04 Å². The average molecular weight is 609 g/mol. The molecule has 5 heterocycles. The van der Waals surface area contributed by atoms with Crippen LogP contribution in [-0.4, -0.2) is 124 Å². The fourth-order valence-corrected chi connectivity index (χ4v) is 9.46. The molecule has 3 saturated heterocycles. The number of unbranched alkanes of at least 4 members (excludes halogenated alkanes) is 3. The minimum Gasteiger partial charge on any atom is -0.396 e. The van der Waals surface area contributed by atoms with Gasteiger partial charge in [-0.25, -0.2) is 0 Å². The van der Waals surface area contributed by atoms with Gasteiger partial charge < -0.3 is 24.5 Å². The predicted molar refractivity (Wildman–Crippen MR) is 166 cm³/mol. The second-order valence-corrected chi connectivity index (χ2v) is 13.8. The maximum absolute atomic E-state index is 14.5. The number of amides is 3. The van der Waals surface area contributed by atoms with E-state index in [1.165, 1.54) is 0 Å². The van der Waals surface area contributed by atoms with Crippen LogP contribution in [0, 0.1) is 11.8 Å². The third-order valence-electron chi connectivity index (χ3n) is 9.64.